The first kappa shape index (κ1) is 14.2. The van der Waals surface area contributed by atoms with Crippen LogP contribution in [0.5, 0.6) is 11.5 Å². The molecule has 0 aromatic heterocycles. The molecule has 2 aromatic rings. The van der Waals surface area contributed by atoms with E-state index in [1.165, 1.54) is 0 Å². The van der Waals surface area contributed by atoms with Gasteiger partial charge in [-0.2, -0.15) is 0 Å². The first-order valence-electron chi connectivity index (χ1n) is 6.41. The summed E-state index contributed by atoms with van der Waals surface area (Å²) >= 11 is 12.1. The average Bonchev–Trinajstić information content (AvgIpc) is 2.46. The molecule has 0 saturated carbocycles. The molecule has 0 amide bonds. The first-order chi connectivity index (χ1) is 10.1. The van der Waals surface area contributed by atoms with Crippen molar-refractivity contribution in [3.8, 4) is 11.5 Å². The summed E-state index contributed by atoms with van der Waals surface area (Å²) in [5, 5.41) is 1.04. The van der Waals surface area contributed by atoms with E-state index in [0.717, 1.165) is 5.56 Å². The second-order valence-corrected chi connectivity index (χ2v) is 5.61. The van der Waals surface area contributed by atoms with Gasteiger partial charge < -0.3 is 9.47 Å². The van der Waals surface area contributed by atoms with Crippen LogP contribution < -0.4 is 9.47 Å². The molecule has 1 unspecified atom stereocenters. The van der Waals surface area contributed by atoms with Crippen LogP contribution in [0.4, 0.5) is 0 Å². The van der Waals surface area contributed by atoms with Crippen molar-refractivity contribution in [2.75, 3.05) is 7.11 Å². The Morgan fingerprint density at radius 2 is 2.00 bits per heavy atom. The summed E-state index contributed by atoms with van der Waals surface area (Å²) in [5.41, 5.74) is 1.32. The number of hydrogen-bond donors (Lipinski definition) is 0. The molecule has 1 aliphatic rings. The minimum absolute atomic E-state index is 0.0231. The van der Waals surface area contributed by atoms with Gasteiger partial charge >= 0.3 is 0 Å². The Kier molecular flexibility index (Phi) is 3.79. The Balaban J connectivity index is 1.99. The van der Waals surface area contributed by atoms with Gasteiger partial charge in [0.2, 0.25) is 0 Å². The molecule has 0 spiro atoms. The number of ether oxygens (including phenoxy) is 2. The Morgan fingerprint density at radius 3 is 2.71 bits per heavy atom. The number of fused-ring (bicyclic) bond motifs is 1. The van der Waals surface area contributed by atoms with Crippen molar-refractivity contribution in [1.29, 1.82) is 0 Å². The molecule has 108 valence electrons. The summed E-state index contributed by atoms with van der Waals surface area (Å²) in [6.45, 7) is 0. The van der Waals surface area contributed by atoms with Crippen LogP contribution in [-0.2, 0) is 0 Å². The van der Waals surface area contributed by atoms with Crippen molar-refractivity contribution in [3.05, 3.63) is 57.6 Å². The molecule has 2 aromatic carbocycles. The highest BCUT2D eigenvalue weighted by Gasteiger charge is 2.29. The minimum Gasteiger partial charge on any atom is -0.497 e. The highest BCUT2D eigenvalue weighted by Crippen LogP contribution is 2.39. The number of halogens is 2. The van der Waals surface area contributed by atoms with Gasteiger partial charge in [-0.3, -0.25) is 4.79 Å². The second-order valence-electron chi connectivity index (χ2n) is 4.76. The molecule has 0 fully saturated rings. The number of benzene rings is 2. The zero-order valence-electron chi connectivity index (χ0n) is 11.2. The van der Waals surface area contributed by atoms with Crippen molar-refractivity contribution in [2.45, 2.75) is 12.5 Å². The molecule has 3 nitrogen and oxygen atoms in total. The summed E-state index contributed by atoms with van der Waals surface area (Å²) in [6, 6.07) is 10.3. The predicted molar refractivity (Wildman–Crippen MR) is 81.8 cm³/mol. The van der Waals surface area contributed by atoms with E-state index in [1.807, 2.05) is 0 Å². The second kappa shape index (κ2) is 5.58. The van der Waals surface area contributed by atoms with Gasteiger partial charge in [0.05, 0.1) is 19.1 Å². The highest BCUT2D eigenvalue weighted by atomic mass is 35.5. The van der Waals surface area contributed by atoms with Gasteiger partial charge in [0.25, 0.3) is 0 Å². The number of rotatable bonds is 2. The van der Waals surface area contributed by atoms with E-state index >= 15 is 0 Å². The fourth-order valence-electron chi connectivity index (χ4n) is 2.37. The van der Waals surface area contributed by atoms with Gasteiger partial charge in [-0.25, -0.2) is 0 Å². The van der Waals surface area contributed by atoms with E-state index in [1.54, 1.807) is 43.5 Å². The highest BCUT2D eigenvalue weighted by molar-refractivity contribution is 6.35. The molecule has 1 aliphatic heterocycles. The van der Waals surface area contributed by atoms with Crippen molar-refractivity contribution in [3.63, 3.8) is 0 Å². The maximum atomic E-state index is 12.3. The zero-order valence-corrected chi connectivity index (χ0v) is 12.7. The van der Waals surface area contributed by atoms with Crippen LogP contribution in [0.15, 0.2) is 36.4 Å². The normalized spacial score (nSPS) is 17.1. The fourth-order valence-corrected chi connectivity index (χ4v) is 2.90. The van der Waals surface area contributed by atoms with Crippen molar-refractivity contribution in [2.24, 2.45) is 0 Å². The SMILES string of the molecule is COc1ccc2c(c1)OC(c1ccc(Cl)cc1Cl)CC2=O. The van der Waals surface area contributed by atoms with E-state index < -0.39 is 6.10 Å². The lowest BCUT2D eigenvalue weighted by Crippen LogP contribution is -2.20. The Morgan fingerprint density at radius 1 is 1.19 bits per heavy atom. The van der Waals surface area contributed by atoms with E-state index in [4.69, 9.17) is 32.7 Å². The Hall–Kier alpha value is -1.71. The van der Waals surface area contributed by atoms with Crippen LogP contribution in [0.1, 0.15) is 28.4 Å². The summed E-state index contributed by atoms with van der Waals surface area (Å²) in [5.74, 6) is 1.18. The summed E-state index contributed by atoms with van der Waals surface area (Å²) in [7, 11) is 1.57. The lowest BCUT2D eigenvalue weighted by atomic mass is 9.96. The zero-order chi connectivity index (χ0) is 15.0. The van der Waals surface area contributed by atoms with Gasteiger partial charge in [-0.05, 0) is 24.3 Å². The van der Waals surface area contributed by atoms with Gasteiger partial charge in [0.15, 0.2) is 5.78 Å². The maximum absolute atomic E-state index is 12.3. The number of carbonyl (C=O) groups excluding carboxylic acids is 1. The number of methoxy groups -OCH3 is 1. The largest absolute Gasteiger partial charge is 0.497 e. The number of Topliss-reactive ketones (excluding diaryl/α,β-unsaturated/α-hetero) is 1. The molecule has 21 heavy (non-hydrogen) atoms. The van der Waals surface area contributed by atoms with Crippen LogP contribution >= 0.6 is 23.2 Å². The van der Waals surface area contributed by atoms with E-state index in [2.05, 4.69) is 0 Å². The first-order valence-corrected chi connectivity index (χ1v) is 7.17. The lowest BCUT2D eigenvalue weighted by molar-refractivity contribution is 0.0849. The van der Waals surface area contributed by atoms with Crippen LogP contribution in [0.3, 0.4) is 0 Å². The molecule has 0 radical (unpaired) electrons. The average molecular weight is 323 g/mol. The van der Waals surface area contributed by atoms with Gasteiger partial charge in [0.1, 0.15) is 17.6 Å². The molecule has 3 rings (SSSR count). The quantitative estimate of drug-likeness (QED) is 0.803. The third-order valence-corrected chi connectivity index (χ3v) is 4.00. The van der Waals surface area contributed by atoms with Crippen LogP contribution in [0, 0.1) is 0 Å². The van der Waals surface area contributed by atoms with Crippen LogP contribution in [-0.4, -0.2) is 12.9 Å². The van der Waals surface area contributed by atoms with Gasteiger partial charge in [-0.15, -0.1) is 0 Å². The standard InChI is InChI=1S/C16H12Cl2O3/c1-20-10-3-5-12-14(19)8-16(21-15(12)7-10)11-4-2-9(17)6-13(11)18/h2-7,16H,8H2,1H3. The fraction of sp³-hybridized carbons (Fsp3) is 0.188. The van der Waals surface area contributed by atoms with Crippen molar-refractivity contribution in [1.82, 2.24) is 0 Å². The predicted octanol–water partition coefficient (Wildman–Crippen LogP) is 4.71. The molecule has 5 heteroatoms. The van der Waals surface area contributed by atoms with E-state index in [-0.39, 0.29) is 12.2 Å². The maximum Gasteiger partial charge on any atom is 0.170 e. The molecule has 0 aliphatic carbocycles. The Labute approximate surface area is 132 Å². The Bertz CT molecular complexity index is 713. The third-order valence-electron chi connectivity index (χ3n) is 3.44. The lowest BCUT2D eigenvalue weighted by Gasteiger charge is -2.26. The van der Waals surface area contributed by atoms with Gasteiger partial charge in [-0.1, -0.05) is 29.3 Å². The minimum atomic E-state index is -0.415. The molecular weight excluding hydrogens is 311 g/mol. The van der Waals surface area contributed by atoms with Gasteiger partial charge in [0, 0.05) is 21.7 Å². The summed E-state index contributed by atoms with van der Waals surface area (Å²) in [4.78, 5) is 12.3. The van der Waals surface area contributed by atoms with E-state index in [9.17, 15) is 4.79 Å². The molecular formula is C16H12Cl2O3. The van der Waals surface area contributed by atoms with E-state index in [0.29, 0.717) is 27.1 Å². The van der Waals surface area contributed by atoms with Crippen molar-refractivity contribution < 1.29 is 14.3 Å². The number of carbonyl (C=O) groups is 1. The van der Waals surface area contributed by atoms with Crippen LogP contribution in [0.2, 0.25) is 10.0 Å². The van der Waals surface area contributed by atoms with Crippen LogP contribution in [0.25, 0.3) is 0 Å². The molecule has 1 heterocycles. The smallest absolute Gasteiger partial charge is 0.170 e. The molecule has 1 atom stereocenters. The molecule has 0 bridgehead atoms. The van der Waals surface area contributed by atoms with Crippen molar-refractivity contribution >= 4 is 29.0 Å². The topological polar surface area (TPSA) is 35.5 Å². The summed E-state index contributed by atoms with van der Waals surface area (Å²) < 4.78 is 11.1. The third kappa shape index (κ3) is 2.71. The number of hydrogen-bond acceptors (Lipinski definition) is 3. The molecule has 0 saturated heterocycles. The number of ketones is 1. The summed E-state index contributed by atoms with van der Waals surface area (Å²) in [6.07, 6.45) is -0.164. The monoisotopic (exact) mass is 322 g/mol. The molecule has 0 N–H and O–H groups in total.